The van der Waals surface area contributed by atoms with E-state index in [9.17, 15) is 0 Å². The van der Waals surface area contributed by atoms with Crippen molar-refractivity contribution in [1.29, 1.82) is 0 Å². The van der Waals surface area contributed by atoms with Gasteiger partial charge in [0.15, 0.2) is 0 Å². The van der Waals surface area contributed by atoms with Crippen molar-refractivity contribution in [2.45, 2.75) is 6.17 Å². The summed E-state index contributed by atoms with van der Waals surface area (Å²) >= 11 is 0. The van der Waals surface area contributed by atoms with E-state index in [0.29, 0.717) is 0 Å². The van der Waals surface area contributed by atoms with Crippen molar-refractivity contribution in [3.8, 4) is 22.3 Å². The zero-order chi connectivity index (χ0) is 33.0. The number of benzene rings is 9. The van der Waals surface area contributed by atoms with E-state index in [1.165, 1.54) is 76.6 Å². The molecule has 2 nitrogen and oxygen atoms in total. The highest BCUT2D eigenvalue weighted by atomic mass is 15.3. The molecule has 2 heteroatoms. The molecule has 0 saturated carbocycles. The summed E-state index contributed by atoms with van der Waals surface area (Å²) in [6, 6.07) is 68.5. The van der Waals surface area contributed by atoms with Gasteiger partial charge in [0.05, 0.1) is 5.56 Å². The highest BCUT2D eigenvalue weighted by Crippen LogP contribution is 2.44. The molecular weight excluding hydrogens is 605 g/mol. The average Bonchev–Trinajstić information content (AvgIpc) is 3.17. The predicted molar refractivity (Wildman–Crippen MR) is 210 cm³/mol. The maximum absolute atomic E-state index is 3.97. The number of nitrogens with one attached hydrogen (secondary N) is 1. The minimum absolute atomic E-state index is 0.0868. The van der Waals surface area contributed by atoms with Crippen LogP contribution in [-0.4, -0.2) is 10.4 Å². The fraction of sp³-hybridized carbons (Fsp3) is 0.0208. The largest absolute Gasteiger partial charge is 0.289 e. The van der Waals surface area contributed by atoms with Gasteiger partial charge in [-0.2, -0.15) is 4.58 Å². The molecule has 234 valence electrons. The summed E-state index contributed by atoms with van der Waals surface area (Å²) < 4.78 is 2.54. The summed E-state index contributed by atoms with van der Waals surface area (Å²) in [5.41, 5.74) is 8.46. The van der Waals surface area contributed by atoms with Crippen LogP contribution in [0.15, 0.2) is 188 Å². The first-order chi connectivity index (χ1) is 24.8. The van der Waals surface area contributed by atoms with Gasteiger partial charge in [-0.05, 0) is 90.1 Å². The van der Waals surface area contributed by atoms with Crippen molar-refractivity contribution in [2.24, 2.45) is 0 Å². The van der Waals surface area contributed by atoms with Crippen LogP contribution >= 0.6 is 0 Å². The van der Waals surface area contributed by atoms with Gasteiger partial charge >= 0.3 is 0 Å². The van der Waals surface area contributed by atoms with Crippen LogP contribution < -0.4 is 5.32 Å². The summed E-state index contributed by atoms with van der Waals surface area (Å²) in [6.07, 6.45) is -0.0868. The van der Waals surface area contributed by atoms with E-state index >= 15 is 0 Å². The Morgan fingerprint density at radius 2 is 0.920 bits per heavy atom. The molecule has 0 bridgehead atoms. The highest BCUT2D eigenvalue weighted by molar-refractivity contribution is 6.10. The Bertz CT molecular complexity index is 2780. The van der Waals surface area contributed by atoms with Gasteiger partial charge in [-0.25, -0.2) is 5.32 Å². The summed E-state index contributed by atoms with van der Waals surface area (Å²) in [7, 11) is 0. The number of hydrogen-bond acceptors (Lipinski definition) is 1. The van der Waals surface area contributed by atoms with Crippen molar-refractivity contribution >= 4 is 54.6 Å². The third-order valence-electron chi connectivity index (χ3n) is 10.4. The number of fused-ring (bicyclic) bond motifs is 5. The van der Waals surface area contributed by atoms with Gasteiger partial charge in [0.2, 0.25) is 0 Å². The maximum Gasteiger partial charge on any atom is 0.289 e. The number of hydrogen-bond donors (Lipinski definition) is 1. The molecule has 0 spiro atoms. The molecule has 10 rings (SSSR count). The van der Waals surface area contributed by atoms with Crippen LogP contribution in [0, 0.1) is 0 Å². The zero-order valence-electron chi connectivity index (χ0n) is 27.4. The topological polar surface area (TPSA) is 15.0 Å². The SMILES string of the molecule is c1ccc(C2=[N+](c3cc(-c4cccc5ccccc45)ccc3-c3cccc4ccccc34)C(c3cc4ccccc4c4ccccc34)N2)cc1. The molecule has 1 aliphatic rings. The predicted octanol–water partition coefficient (Wildman–Crippen LogP) is 12.0. The van der Waals surface area contributed by atoms with Crippen molar-refractivity contribution < 1.29 is 4.58 Å². The van der Waals surface area contributed by atoms with E-state index in [-0.39, 0.29) is 6.17 Å². The molecule has 0 radical (unpaired) electrons. The van der Waals surface area contributed by atoms with Crippen LogP contribution in [0.2, 0.25) is 0 Å². The lowest BCUT2D eigenvalue weighted by atomic mass is 9.90. The Labute approximate surface area is 291 Å². The van der Waals surface area contributed by atoms with Crippen molar-refractivity contribution in [2.75, 3.05) is 0 Å². The smallest absolute Gasteiger partial charge is 0.229 e. The van der Waals surface area contributed by atoms with Crippen LogP contribution in [0.1, 0.15) is 17.3 Å². The molecule has 0 fully saturated rings. The molecule has 50 heavy (non-hydrogen) atoms. The molecule has 0 amide bonds. The summed E-state index contributed by atoms with van der Waals surface area (Å²) in [5.74, 6) is 1.10. The van der Waals surface area contributed by atoms with E-state index in [4.69, 9.17) is 0 Å². The lowest BCUT2D eigenvalue weighted by Crippen LogP contribution is -2.51. The molecule has 1 unspecified atom stereocenters. The van der Waals surface area contributed by atoms with Crippen LogP contribution in [-0.2, 0) is 0 Å². The monoisotopic (exact) mass is 637 g/mol. The van der Waals surface area contributed by atoms with Gasteiger partial charge in [0, 0.05) is 11.1 Å². The van der Waals surface area contributed by atoms with E-state index < -0.39 is 0 Å². The standard InChI is InChI=1S/C48H32N2/c1-2-16-34(17-3-1)47-49-48(45-30-35-18-6-9-23-40(35)41-24-10-11-25-43(41)45)50(47)46-31-36(39-26-12-19-32-14-4-7-21-37(32)39)28-29-44(46)42-27-13-20-33-15-5-8-22-38(33)42/h1-31,48H/p+1. The third kappa shape index (κ3) is 4.53. The van der Waals surface area contributed by atoms with Crippen LogP contribution in [0.25, 0.3) is 65.3 Å². The first-order valence-electron chi connectivity index (χ1n) is 17.3. The highest BCUT2D eigenvalue weighted by Gasteiger charge is 2.43. The summed E-state index contributed by atoms with van der Waals surface area (Å²) in [5, 5.41) is 14.0. The van der Waals surface area contributed by atoms with Gasteiger partial charge in [0.1, 0.15) is 5.69 Å². The van der Waals surface area contributed by atoms with E-state index in [0.717, 1.165) is 11.4 Å². The van der Waals surface area contributed by atoms with Crippen molar-refractivity contribution in [3.63, 3.8) is 0 Å². The van der Waals surface area contributed by atoms with Crippen LogP contribution in [0.5, 0.6) is 0 Å². The van der Waals surface area contributed by atoms with Gasteiger partial charge in [-0.1, -0.05) is 158 Å². The minimum Gasteiger partial charge on any atom is -0.229 e. The van der Waals surface area contributed by atoms with Gasteiger partial charge in [0.25, 0.3) is 12.0 Å². The normalized spacial score (nSPS) is 14.3. The minimum atomic E-state index is -0.0868. The fourth-order valence-corrected chi connectivity index (χ4v) is 7.99. The molecule has 9 aromatic carbocycles. The van der Waals surface area contributed by atoms with Gasteiger partial charge < -0.3 is 0 Å². The average molecular weight is 638 g/mol. The summed E-state index contributed by atoms with van der Waals surface area (Å²) in [6.45, 7) is 0. The Balaban J connectivity index is 1.29. The molecule has 1 N–H and O–H groups in total. The second-order valence-corrected chi connectivity index (χ2v) is 13.1. The van der Waals surface area contributed by atoms with Gasteiger partial charge in [-0.15, -0.1) is 0 Å². The first-order valence-corrected chi connectivity index (χ1v) is 17.3. The molecule has 1 atom stereocenters. The third-order valence-corrected chi connectivity index (χ3v) is 10.4. The number of amidine groups is 1. The molecular formula is C48H33N2+. The number of rotatable bonds is 5. The lowest BCUT2D eigenvalue weighted by molar-refractivity contribution is -0.530. The van der Waals surface area contributed by atoms with Crippen molar-refractivity contribution in [3.05, 3.63) is 199 Å². The second-order valence-electron chi connectivity index (χ2n) is 13.1. The maximum atomic E-state index is 3.97. The number of nitrogens with zero attached hydrogens (tertiary/aromatic N) is 1. The van der Waals surface area contributed by atoms with E-state index in [1.54, 1.807) is 0 Å². The Morgan fingerprint density at radius 1 is 0.360 bits per heavy atom. The quantitative estimate of drug-likeness (QED) is 0.147. The molecule has 0 aromatic heterocycles. The zero-order valence-corrected chi connectivity index (χ0v) is 27.4. The molecule has 9 aromatic rings. The molecule has 1 heterocycles. The van der Waals surface area contributed by atoms with E-state index in [1.807, 2.05) is 0 Å². The van der Waals surface area contributed by atoms with Crippen LogP contribution in [0.3, 0.4) is 0 Å². The fourth-order valence-electron chi connectivity index (χ4n) is 7.99. The Hall–Kier alpha value is -6.51. The molecule has 0 saturated heterocycles. The molecule has 0 aliphatic carbocycles. The van der Waals surface area contributed by atoms with Crippen molar-refractivity contribution in [1.82, 2.24) is 5.32 Å². The Morgan fingerprint density at radius 3 is 1.66 bits per heavy atom. The van der Waals surface area contributed by atoms with Crippen LogP contribution in [0.4, 0.5) is 5.69 Å². The lowest BCUT2D eigenvalue weighted by Gasteiger charge is -2.32. The second kappa shape index (κ2) is 11.6. The van der Waals surface area contributed by atoms with E-state index in [2.05, 4.69) is 198 Å². The molecule has 1 aliphatic heterocycles. The summed E-state index contributed by atoms with van der Waals surface area (Å²) in [4.78, 5) is 0. The van der Waals surface area contributed by atoms with Gasteiger partial charge in [-0.3, -0.25) is 0 Å². The Kier molecular flexibility index (Phi) is 6.60. The first kappa shape index (κ1) is 28.5.